The van der Waals surface area contributed by atoms with Gasteiger partial charge in [-0.2, -0.15) is 0 Å². The fourth-order valence-electron chi connectivity index (χ4n) is 1.98. The zero-order valence-electron chi connectivity index (χ0n) is 11.1. The van der Waals surface area contributed by atoms with Crippen LogP contribution in [0.25, 0.3) is 0 Å². The summed E-state index contributed by atoms with van der Waals surface area (Å²) in [4.78, 5) is 14.1. The van der Waals surface area contributed by atoms with Crippen LogP contribution in [0.1, 0.15) is 22.8 Å². The molecule has 0 aliphatic carbocycles. The minimum absolute atomic E-state index is 0.114. The molecule has 0 N–H and O–H groups in total. The molecule has 0 aliphatic rings. The zero-order valence-corrected chi connectivity index (χ0v) is 11.1. The van der Waals surface area contributed by atoms with Gasteiger partial charge in [-0.15, -0.1) is 0 Å². The number of hydrogen-bond acceptors (Lipinski definition) is 1. The van der Waals surface area contributed by atoms with Gasteiger partial charge in [0.05, 0.1) is 0 Å². The number of benzene rings is 2. The summed E-state index contributed by atoms with van der Waals surface area (Å²) in [6.07, 6.45) is 0. The molecular formula is C16H16FNO. The molecule has 0 bridgehead atoms. The third-order valence-corrected chi connectivity index (χ3v) is 3.03. The Morgan fingerprint density at radius 3 is 2.42 bits per heavy atom. The Labute approximate surface area is 112 Å². The molecule has 2 rings (SSSR count). The standard InChI is InChI=1S/C16H16FNO/c1-3-18(14-7-5-4-6-8-14)16(19)13-9-10-15(17)12(2)11-13/h4-11H,3H2,1-2H3. The number of carbonyl (C=O) groups is 1. The fourth-order valence-corrected chi connectivity index (χ4v) is 1.98. The average molecular weight is 257 g/mol. The van der Waals surface area contributed by atoms with Crippen LogP contribution in [0.15, 0.2) is 48.5 Å². The van der Waals surface area contributed by atoms with Crippen molar-refractivity contribution < 1.29 is 9.18 Å². The van der Waals surface area contributed by atoms with Gasteiger partial charge >= 0.3 is 0 Å². The molecule has 0 heterocycles. The Kier molecular flexibility index (Phi) is 3.95. The minimum atomic E-state index is -0.292. The predicted octanol–water partition coefficient (Wildman–Crippen LogP) is 3.80. The number of amides is 1. The summed E-state index contributed by atoms with van der Waals surface area (Å²) in [5, 5.41) is 0. The van der Waals surface area contributed by atoms with Gasteiger partial charge in [0, 0.05) is 17.8 Å². The van der Waals surface area contributed by atoms with Crippen LogP contribution < -0.4 is 4.90 Å². The highest BCUT2D eigenvalue weighted by Crippen LogP contribution is 2.18. The van der Waals surface area contributed by atoms with Crippen molar-refractivity contribution in [1.29, 1.82) is 0 Å². The maximum Gasteiger partial charge on any atom is 0.258 e. The molecule has 0 saturated carbocycles. The Balaban J connectivity index is 2.33. The number of halogens is 1. The van der Waals surface area contributed by atoms with E-state index in [1.54, 1.807) is 17.9 Å². The van der Waals surface area contributed by atoms with Gasteiger partial charge in [-0.05, 0) is 49.7 Å². The van der Waals surface area contributed by atoms with E-state index in [-0.39, 0.29) is 11.7 Å². The van der Waals surface area contributed by atoms with Gasteiger partial charge in [0.15, 0.2) is 0 Å². The third kappa shape index (κ3) is 2.81. The average Bonchev–Trinajstić information content (AvgIpc) is 2.44. The van der Waals surface area contributed by atoms with Gasteiger partial charge < -0.3 is 4.90 Å². The van der Waals surface area contributed by atoms with E-state index in [4.69, 9.17) is 0 Å². The zero-order chi connectivity index (χ0) is 13.8. The van der Waals surface area contributed by atoms with Gasteiger partial charge in [-0.3, -0.25) is 4.79 Å². The van der Waals surface area contributed by atoms with Crippen LogP contribution in [0.4, 0.5) is 10.1 Å². The number of aryl methyl sites for hydroxylation is 1. The summed E-state index contributed by atoms with van der Waals surface area (Å²) in [7, 11) is 0. The van der Waals surface area contributed by atoms with E-state index >= 15 is 0 Å². The first-order valence-electron chi connectivity index (χ1n) is 6.26. The second-order valence-electron chi connectivity index (χ2n) is 4.35. The molecule has 1 amide bonds. The minimum Gasteiger partial charge on any atom is -0.309 e. The first kappa shape index (κ1) is 13.3. The molecule has 0 aromatic heterocycles. The van der Waals surface area contributed by atoms with Gasteiger partial charge in [-0.25, -0.2) is 4.39 Å². The van der Waals surface area contributed by atoms with Crippen molar-refractivity contribution in [3.63, 3.8) is 0 Å². The highest BCUT2D eigenvalue weighted by Gasteiger charge is 2.16. The Morgan fingerprint density at radius 2 is 1.84 bits per heavy atom. The summed E-state index contributed by atoms with van der Waals surface area (Å²) in [5.41, 5.74) is 1.83. The van der Waals surface area contributed by atoms with Crippen molar-refractivity contribution in [1.82, 2.24) is 0 Å². The van der Waals surface area contributed by atoms with Gasteiger partial charge in [0.25, 0.3) is 5.91 Å². The largest absolute Gasteiger partial charge is 0.309 e. The molecule has 19 heavy (non-hydrogen) atoms. The Morgan fingerprint density at radius 1 is 1.16 bits per heavy atom. The van der Waals surface area contributed by atoms with Crippen LogP contribution in [-0.2, 0) is 0 Å². The van der Waals surface area contributed by atoms with Crippen LogP contribution in [0, 0.1) is 12.7 Å². The molecule has 2 nitrogen and oxygen atoms in total. The number of para-hydroxylation sites is 1. The van der Waals surface area contributed by atoms with Gasteiger partial charge in [0.2, 0.25) is 0 Å². The predicted molar refractivity (Wildman–Crippen MR) is 74.9 cm³/mol. The molecule has 2 aromatic rings. The monoisotopic (exact) mass is 257 g/mol. The van der Waals surface area contributed by atoms with Crippen molar-refractivity contribution in [3.8, 4) is 0 Å². The molecule has 0 saturated heterocycles. The van der Waals surface area contributed by atoms with Crippen LogP contribution in [0.5, 0.6) is 0 Å². The molecule has 0 unspecified atom stereocenters. The van der Waals surface area contributed by atoms with E-state index in [1.165, 1.54) is 12.1 Å². The first-order chi connectivity index (χ1) is 9.13. The molecule has 0 radical (unpaired) electrons. The first-order valence-corrected chi connectivity index (χ1v) is 6.26. The fraction of sp³-hybridized carbons (Fsp3) is 0.188. The lowest BCUT2D eigenvalue weighted by molar-refractivity contribution is 0.0988. The van der Waals surface area contributed by atoms with Crippen molar-refractivity contribution >= 4 is 11.6 Å². The number of nitrogens with zero attached hydrogens (tertiary/aromatic N) is 1. The van der Waals surface area contributed by atoms with Crippen LogP contribution in [0.2, 0.25) is 0 Å². The van der Waals surface area contributed by atoms with Crippen molar-refractivity contribution in [2.45, 2.75) is 13.8 Å². The Bertz CT molecular complexity index is 581. The molecular weight excluding hydrogens is 241 g/mol. The Hall–Kier alpha value is -2.16. The molecule has 0 spiro atoms. The van der Waals surface area contributed by atoms with E-state index in [0.717, 1.165) is 5.69 Å². The lowest BCUT2D eigenvalue weighted by atomic mass is 10.1. The van der Waals surface area contributed by atoms with Crippen LogP contribution in [0.3, 0.4) is 0 Å². The van der Waals surface area contributed by atoms with Crippen molar-refractivity contribution in [3.05, 3.63) is 65.5 Å². The summed E-state index contributed by atoms with van der Waals surface area (Å²) in [5.74, 6) is -0.406. The van der Waals surface area contributed by atoms with Gasteiger partial charge in [-0.1, -0.05) is 18.2 Å². The van der Waals surface area contributed by atoms with E-state index in [2.05, 4.69) is 0 Å². The lowest BCUT2D eigenvalue weighted by Crippen LogP contribution is -2.30. The molecule has 3 heteroatoms. The number of carbonyl (C=O) groups excluding carboxylic acids is 1. The normalized spacial score (nSPS) is 10.3. The van der Waals surface area contributed by atoms with E-state index in [1.807, 2.05) is 37.3 Å². The summed E-state index contributed by atoms with van der Waals surface area (Å²) >= 11 is 0. The van der Waals surface area contributed by atoms with E-state index in [9.17, 15) is 9.18 Å². The summed E-state index contributed by atoms with van der Waals surface area (Å²) in [6, 6.07) is 13.9. The van der Waals surface area contributed by atoms with E-state index in [0.29, 0.717) is 17.7 Å². The van der Waals surface area contributed by atoms with Crippen LogP contribution >= 0.6 is 0 Å². The van der Waals surface area contributed by atoms with Crippen molar-refractivity contribution in [2.75, 3.05) is 11.4 Å². The molecule has 2 aromatic carbocycles. The highest BCUT2D eigenvalue weighted by molar-refractivity contribution is 6.06. The number of anilines is 1. The topological polar surface area (TPSA) is 20.3 Å². The quantitative estimate of drug-likeness (QED) is 0.819. The van der Waals surface area contributed by atoms with Gasteiger partial charge in [0.1, 0.15) is 5.82 Å². The summed E-state index contributed by atoms with van der Waals surface area (Å²) < 4.78 is 13.2. The van der Waals surface area contributed by atoms with Crippen molar-refractivity contribution in [2.24, 2.45) is 0 Å². The third-order valence-electron chi connectivity index (χ3n) is 3.03. The number of rotatable bonds is 3. The molecule has 0 atom stereocenters. The lowest BCUT2D eigenvalue weighted by Gasteiger charge is -2.21. The van der Waals surface area contributed by atoms with E-state index < -0.39 is 0 Å². The second kappa shape index (κ2) is 5.65. The molecule has 98 valence electrons. The second-order valence-corrected chi connectivity index (χ2v) is 4.35. The maximum absolute atomic E-state index is 13.2. The maximum atomic E-state index is 13.2. The smallest absolute Gasteiger partial charge is 0.258 e. The molecule has 0 aliphatic heterocycles. The SMILES string of the molecule is CCN(C(=O)c1ccc(F)c(C)c1)c1ccccc1. The highest BCUT2D eigenvalue weighted by atomic mass is 19.1. The summed E-state index contributed by atoms with van der Waals surface area (Å²) in [6.45, 7) is 4.14. The van der Waals surface area contributed by atoms with Crippen LogP contribution in [-0.4, -0.2) is 12.5 Å². The molecule has 0 fully saturated rings. The number of hydrogen-bond donors (Lipinski definition) is 0.